The molecule has 1 atom stereocenters. The highest BCUT2D eigenvalue weighted by Crippen LogP contribution is 1.98. The zero-order valence-electron chi connectivity index (χ0n) is 16.4. The zero-order chi connectivity index (χ0) is 19.5. The molecule has 154 valence electrons. The van der Waals surface area contributed by atoms with Gasteiger partial charge in [-0.3, -0.25) is 9.59 Å². The van der Waals surface area contributed by atoms with Crippen LogP contribution in [0, 0.1) is 0 Å². The molecule has 8 N–H and O–H groups in total. The maximum absolute atomic E-state index is 11.9. The number of rotatable bonds is 18. The third-order valence-corrected chi connectivity index (χ3v) is 4.00. The van der Waals surface area contributed by atoms with E-state index in [-0.39, 0.29) is 11.8 Å². The number of carbonyl (C=O) groups excluding carboxylic acids is 2. The molecule has 0 saturated carbocycles. The van der Waals surface area contributed by atoms with Gasteiger partial charge in [-0.15, -0.1) is 0 Å². The summed E-state index contributed by atoms with van der Waals surface area (Å²) in [4.78, 5) is 22.6. The van der Waals surface area contributed by atoms with Gasteiger partial charge in [0.25, 0.3) is 0 Å². The van der Waals surface area contributed by atoms with E-state index in [0.29, 0.717) is 19.5 Å². The van der Waals surface area contributed by atoms with Crippen molar-refractivity contribution in [2.45, 2.75) is 57.9 Å². The Kier molecular flexibility index (Phi) is 17.7. The van der Waals surface area contributed by atoms with Crippen LogP contribution in [0.2, 0.25) is 0 Å². The van der Waals surface area contributed by atoms with Crippen molar-refractivity contribution in [2.75, 3.05) is 45.8 Å². The fraction of sp³-hybridized carbons (Fsp3) is 0.889. The molecule has 0 aromatic rings. The Balaban J connectivity index is 3.33. The number of unbranched alkanes of at least 4 members (excludes halogenated alkanes) is 2. The lowest BCUT2D eigenvalue weighted by Crippen LogP contribution is -2.41. The van der Waals surface area contributed by atoms with Crippen molar-refractivity contribution in [3.63, 3.8) is 0 Å². The predicted molar refractivity (Wildman–Crippen MR) is 107 cm³/mol. The molecule has 0 radical (unpaired) electrons. The van der Waals surface area contributed by atoms with Gasteiger partial charge in [0.2, 0.25) is 11.8 Å². The van der Waals surface area contributed by atoms with Gasteiger partial charge in [-0.05, 0) is 77.7 Å². The minimum absolute atomic E-state index is 0.0279. The van der Waals surface area contributed by atoms with Gasteiger partial charge in [0.05, 0.1) is 6.04 Å². The van der Waals surface area contributed by atoms with E-state index in [0.717, 1.165) is 71.2 Å². The van der Waals surface area contributed by atoms with E-state index < -0.39 is 6.04 Å². The quantitative estimate of drug-likeness (QED) is 0.179. The molecule has 0 aliphatic heterocycles. The molecule has 0 fully saturated rings. The van der Waals surface area contributed by atoms with Crippen molar-refractivity contribution >= 4 is 11.8 Å². The third kappa shape index (κ3) is 17.6. The second kappa shape index (κ2) is 18.6. The Morgan fingerprint density at radius 3 is 1.92 bits per heavy atom. The number of amides is 2. The Hall–Kier alpha value is -1.22. The molecule has 0 rings (SSSR count). The first-order valence-electron chi connectivity index (χ1n) is 9.97. The largest absolute Gasteiger partial charge is 0.356 e. The van der Waals surface area contributed by atoms with Gasteiger partial charge in [0.1, 0.15) is 0 Å². The molecule has 0 saturated heterocycles. The third-order valence-electron chi connectivity index (χ3n) is 4.00. The normalized spacial score (nSPS) is 12.0. The van der Waals surface area contributed by atoms with E-state index in [9.17, 15) is 9.59 Å². The Morgan fingerprint density at radius 2 is 1.31 bits per heavy atom. The molecule has 26 heavy (non-hydrogen) atoms. The van der Waals surface area contributed by atoms with E-state index in [4.69, 9.17) is 11.5 Å². The minimum atomic E-state index is -0.466. The number of hydrogen-bond donors (Lipinski definition) is 6. The van der Waals surface area contributed by atoms with Crippen LogP contribution in [0.3, 0.4) is 0 Å². The van der Waals surface area contributed by atoms with Gasteiger partial charge >= 0.3 is 0 Å². The average Bonchev–Trinajstić information content (AvgIpc) is 2.61. The van der Waals surface area contributed by atoms with Crippen molar-refractivity contribution in [1.82, 2.24) is 21.3 Å². The molecule has 0 aliphatic carbocycles. The first-order valence-corrected chi connectivity index (χ1v) is 9.97. The van der Waals surface area contributed by atoms with Gasteiger partial charge in [0, 0.05) is 20.0 Å². The molecule has 0 aliphatic rings. The van der Waals surface area contributed by atoms with Crippen molar-refractivity contribution in [1.29, 1.82) is 0 Å². The number of carbonyl (C=O) groups is 2. The first kappa shape index (κ1) is 24.8. The van der Waals surface area contributed by atoms with E-state index in [1.165, 1.54) is 6.92 Å². The van der Waals surface area contributed by atoms with E-state index in [1.807, 2.05) is 0 Å². The summed E-state index contributed by atoms with van der Waals surface area (Å²) in [7, 11) is 0. The number of hydrogen-bond acceptors (Lipinski definition) is 6. The fourth-order valence-electron chi connectivity index (χ4n) is 2.42. The zero-order valence-corrected chi connectivity index (χ0v) is 16.4. The topological polar surface area (TPSA) is 134 Å². The summed E-state index contributed by atoms with van der Waals surface area (Å²) < 4.78 is 0. The lowest BCUT2D eigenvalue weighted by molar-refractivity contribution is -0.122. The van der Waals surface area contributed by atoms with Crippen molar-refractivity contribution < 1.29 is 9.59 Å². The highest BCUT2D eigenvalue weighted by atomic mass is 16.2. The minimum Gasteiger partial charge on any atom is -0.356 e. The van der Waals surface area contributed by atoms with Crippen molar-refractivity contribution in [3.05, 3.63) is 0 Å². The molecule has 2 amide bonds. The molecule has 0 aromatic heterocycles. The first-order chi connectivity index (χ1) is 12.6. The van der Waals surface area contributed by atoms with E-state index in [1.54, 1.807) is 0 Å². The molecular weight excluding hydrogens is 332 g/mol. The molecule has 0 bridgehead atoms. The van der Waals surface area contributed by atoms with Crippen LogP contribution in [-0.4, -0.2) is 63.7 Å². The van der Waals surface area contributed by atoms with Crippen LogP contribution in [0.1, 0.15) is 51.9 Å². The van der Waals surface area contributed by atoms with Gasteiger partial charge in [-0.25, -0.2) is 0 Å². The highest BCUT2D eigenvalue weighted by molar-refractivity contribution is 5.81. The van der Waals surface area contributed by atoms with E-state index in [2.05, 4.69) is 21.3 Å². The van der Waals surface area contributed by atoms with E-state index >= 15 is 0 Å². The molecular formula is C18H40N6O2. The number of nitrogens with one attached hydrogen (secondary N) is 4. The fourth-order valence-corrected chi connectivity index (χ4v) is 2.42. The lowest BCUT2D eigenvalue weighted by Gasteiger charge is -2.12. The summed E-state index contributed by atoms with van der Waals surface area (Å²) in [5.41, 5.74) is 11.3. The summed E-state index contributed by atoms with van der Waals surface area (Å²) in [6.45, 7) is 7.46. The summed E-state index contributed by atoms with van der Waals surface area (Å²) in [5, 5.41) is 12.4. The second-order valence-corrected chi connectivity index (χ2v) is 6.58. The second-order valence-electron chi connectivity index (χ2n) is 6.58. The van der Waals surface area contributed by atoms with Gasteiger partial charge in [-0.1, -0.05) is 0 Å². The Labute approximate surface area is 158 Å². The number of nitrogens with two attached hydrogens (primary N) is 2. The maximum Gasteiger partial charge on any atom is 0.236 e. The molecule has 0 spiro atoms. The predicted octanol–water partition coefficient (Wildman–Crippen LogP) is -0.565. The standard InChI is InChI=1S/C18H40N6O2/c1-16(25)23-14-3-2-8-17(20)18(26)24-15-7-13-22-11-5-4-10-21-12-6-9-19/h17,21-22H,2-15,19-20H2,1H3,(H,23,25)(H,24,26)/t17-/m0/s1. The molecule has 8 nitrogen and oxygen atoms in total. The van der Waals surface area contributed by atoms with Gasteiger partial charge in [-0.2, -0.15) is 0 Å². The maximum atomic E-state index is 11.9. The smallest absolute Gasteiger partial charge is 0.236 e. The van der Waals surface area contributed by atoms with Gasteiger partial charge in [0.15, 0.2) is 0 Å². The summed E-state index contributed by atoms with van der Waals surface area (Å²) in [6.07, 6.45) is 6.55. The SMILES string of the molecule is CC(=O)NCCCC[C@H](N)C(=O)NCCCNCCCCNCCCN. The monoisotopic (exact) mass is 372 g/mol. The molecule has 0 heterocycles. The summed E-state index contributed by atoms with van der Waals surface area (Å²) in [6, 6.07) is -0.466. The Morgan fingerprint density at radius 1 is 0.769 bits per heavy atom. The molecule has 8 heteroatoms. The average molecular weight is 373 g/mol. The van der Waals surface area contributed by atoms with Crippen LogP contribution in [0.15, 0.2) is 0 Å². The summed E-state index contributed by atoms with van der Waals surface area (Å²) >= 11 is 0. The van der Waals surface area contributed by atoms with Crippen LogP contribution in [0.4, 0.5) is 0 Å². The van der Waals surface area contributed by atoms with Crippen molar-refractivity contribution in [3.8, 4) is 0 Å². The highest BCUT2D eigenvalue weighted by Gasteiger charge is 2.11. The Bertz CT molecular complexity index is 355. The van der Waals surface area contributed by atoms with Crippen LogP contribution >= 0.6 is 0 Å². The molecule has 0 unspecified atom stereocenters. The lowest BCUT2D eigenvalue weighted by atomic mass is 10.1. The van der Waals surface area contributed by atoms with Crippen LogP contribution in [0.25, 0.3) is 0 Å². The van der Waals surface area contributed by atoms with Crippen LogP contribution < -0.4 is 32.7 Å². The van der Waals surface area contributed by atoms with Crippen LogP contribution in [0.5, 0.6) is 0 Å². The van der Waals surface area contributed by atoms with Crippen LogP contribution in [-0.2, 0) is 9.59 Å². The molecule has 0 aromatic carbocycles. The van der Waals surface area contributed by atoms with Crippen molar-refractivity contribution in [2.24, 2.45) is 11.5 Å². The summed E-state index contributed by atoms with van der Waals surface area (Å²) in [5.74, 6) is -0.118. The van der Waals surface area contributed by atoms with Gasteiger partial charge < -0.3 is 32.7 Å².